The Bertz CT molecular complexity index is 1650. The van der Waals surface area contributed by atoms with Gasteiger partial charge in [-0.3, -0.25) is 4.90 Å². The molecular weight excluding hydrogens is 676 g/mol. The van der Waals surface area contributed by atoms with Gasteiger partial charge in [0.15, 0.2) is 0 Å². The number of sulfone groups is 1. The maximum absolute atomic E-state index is 14.8. The number of carbonyl (C=O) groups is 1. The molecule has 1 amide bonds. The molecule has 260 valence electrons. The van der Waals surface area contributed by atoms with Crippen LogP contribution in [0.15, 0.2) is 35.9 Å². The summed E-state index contributed by atoms with van der Waals surface area (Å²) in [5.74, 6) is -1.04. The standard InChI is InChI=1S/C30H29F10NO5S/c1-14(2)22-11-23(25(45-4)12-24(22)31)21-6-5-20(47(43,44)30(38,39)40)9-17(21)13-41-15(3)26(46-27(41)42)16-7-18(28(32,33)34)10-19(8-16)29(35,36)37/h7-8,10-12,14-15,20,26H,5-6,9,13H2,1-4H3/t15-,20?,26-/m0/s1. The molecule has 2 aromatic carbocycles. The van der Waals surface area contributed by atoms with E-state index in [2.05, 4.69) is 0 Å². The van der Waals surface area contributed by atoms with Crippen molar-refractivity contribution < 1.29 is 66.6 Å². The third-order valence-electron chi connectivity index (χ3n) is 8.34. The lowest BCUT2D eigenvalue weighted by molar-refractivity contribution is -0.143. The summed E-state index contributed by atoms with van der Waals surface area (Å²) in [4.78, 5) is 13.9. The first-order valence-corrected chi connectivity index (χ1v) is 15.7. The lowest BCUT2D eigenvalue weighted by Crippen LogP contribution is -2.39. The zero-order valence-corrected chi connectivity index (χ0v) is 26.0. The second-order valence-electron chi connectivity index (χ2n) is 11.7. The van der Waals surface area contributed by atoms with Gasteiger partial charge in [-0.05, 0) is 78.6 Å². The highest BCUT2D eigenvalue weighted by atomic mass is 32.2. The average molecular weight is 706 g/mol. The summed E-state index contributed by atoms with van der Waals surface area (Å²) in [5, 5.41) is -1.97. The van der Waals surface area contributed by atoms with Crippen LogP contribution in [0.5, 0.6) is 5.75 Å². The minimum atomic E-state index is -5.71. The van der Waals surface area contributed by atoms with Crippen molar-refractivity contribution >= 4 is 21.5 Å². The van der Waals surface area contributed by atoms with Gasteiger partial charge in [-0.15, -0.1) is 0 Å². The van der Waals surface area contributed by atoms with Crippen molar-refractivity contribution in [3.63, 3.8) is 0 Å². The number of methoxy groups -OCH3 is 1. The Morgan fingerprint density at radius 3 is 2.02 bits per heavy atom. The smallest absolute Gasteiger partial charge is 0.496 e. The summed E-state index contributed by atoms with van der Waals surface area (Å²) in [6.07, 6.45) is -14.8. The maximum atomic E-state index is 14.8. The van der Waals surface area contributed by atoms with Crippen molar-refractivity contribution in [3.8, 4) is 5.75 Å². The molecule has 1 fully saturated rings. The molecule has 1 unspecified atom stereocenters. The molecule has 0 spiro atoms. The van der Waals surface area contributed by atoms with Crippen LogP contribution in [0, 0.1) is 5.82 Å². The minimum Gasteiger partial charge on any atom is -0.496 e. The van der Waals surface area contributed by atoms with Gasteiger partial charge in [0.05, 0.1) is 29.5 Å². The third-order valence-corrected chi connectivity index (χ3v) is 10.3. The van der Waals surface area contributed by atoms with E-state index in [1.165, 1.54) is 20.1 Å². The Morgan fingerprint density at radius 2 is 1.53 bits per heavy atom. The fourth-order valence-electron chi connectivity index (χ4n) is 5.85. The molecule has 1 aliphatic heterocycles. The van der Waals surface area contributed by atoms with Crippen LogP contribution >= 0.6 is 0 Å². The number of allylic oxidation sites excluding steroid dienone is 1. The van der Waals surface area contributed by atoms with Gasteiger partial charge in [0, 0.05) is 18.2 Å². The zero-order valence-electron chi connectivity index (χ0n) is 25.2. The first kappa shape index (κ1) is 36.3. The molecule has 47 heavy (non-hydrogen) atoms. The van der Waals surface area contributed by atoms with Gasteiger partial charge in [0.25, 0.3) is 9.84 Å². The molecule has 2 aromatic rings. The van der Waals surface area contributed by atoms with E-state index >= 15 is 0 Å². The highest BCUT2D eigenvalue weighted by Crippen LogP contribution is 2.45. The molecule has 3 atom stereocenters. The Labute approximate surface area is 263 Å². The van der Waals surface area contributed by atoms with E-state index in [1.807, 2.05) is 0 Å². The molecule has 1 saturated heterocycles. The van der Waals surface area contributed by atoms with E-state index in [0.717, 1.165) is 11.0 Å². The number of cyclic esters (lactones) is 1. The van der Waals surface area contributed by atoms with Crippen molar-refractivity contribution in [2.24, 2.45) is 0 Å². The molecule has 4 rings (SSSR count). The van der Waals surface area contributed by atoms with Crippen LogP contribution in [-0.4, -0.2) is 49.9 Å². The number of rotatable bonds is 7. The summed E-state index contributed by atoms with van der Waals surface area (Å²) >= 11 is 0. The molecular formula is C30H29F10NO5S. The lowest BCUT2D eigenvalue weighted by atomic mass is 9.84. The Kier molecular flexibility index (Phi) is 9.67. The highest BCUT2D eigenvalue weighted by molar-refractivity contribution is 7.92. The molecule has 0 radical (unpaired) electrons. The first-order chi connectivity index (χ1) is 21.5. The molecule has 0 saturated carbocycles. The van der Waals surface area contributed by atoms with E-state index in [4.69, 9.17) is 9.47 Å². The summed E-state index contributed by atoms with van der Waals surface area (Å²) in [6, 6.07) is 1.92. The largest absolute Gasteiger partial charge is 0.497 e. The Balaban J connectivity index is 1.82. The van der Waals surface area contributed by atoms with Crippen LogP contribution in [0.3, 0.4) is 0 Å². The van der Waals surface area contributed by atoms with Crippen LogP contribution < -0.4 is 4.74 Å². The van der Waals surface area contributed by atoms with E-state index in [9.17, 15) is 57.1 Å². The second kappa shape index (κ2) is 12.5. The van der Waals surface area contributed by atoms with Gasteiger partial charge < -0.3 is 9.47 Å². The van der Waals surface area contributed by atoms with Crippen molar-refractivity contribution in [1.29, 1.82) is 0 Å². The molecule has 1 aliphatic carbocycles. The zero-order chi connectivity index (χ0) is 35.4. The van der Waals surface area contributed by atoms with Crippen LogP contribution in [0.2, 0.25) is 0 Å². The second-order valence-corrected chi connectivity index (χ2v) is 13.9. The topological polar surface area (TPSA) is 72.9 Å². The minimum absolute atomic E-state index is 0.0156. The SMILES string of the molecule is COc1cc(F)c(C(C)C)cc1C1=C(CN2C(=O)O[C@H](c3cc(C(F)(F)F)cc(C(F)(F)F)c3)[C@@H]2C)CC(S(=O)(=O)C(F)(F)F)CC1. The predicted octanol–water partition coefficient (Wildman–Crippen LogP) is 8.82. The van der Waals surface area contributed by atoms with E-state index in [1.54, 1.807) is 13.8 Å². The third kappa shape index (κ3) is 7.18. The molecule has 1 heterocycles. The van der Waals surface area contributed by atoms with E-state index < -0.39 is 93.1 Å². The van der Waals surface area contributed by atoms with Crippen molar-refractivity contribution in [2.75, 3.05) is 13.7 Å². The number of hydrogen-bond donors (Lipinski definition) is 0. The Hall–Kier alpha value is -3.50. The van der Waals surface area contributed by atoms with Crippen LogP contribution in [0.1, 0.15) is 79.9 Å². The predicted molar refractivity (Wildman–Crippen MR) is 148 cm³/mol. The highest BCUT2D eigenvalue weighted by Gasteiger charge is 2.52. The molecule has 17 heteroatoms. The van der Waals surface area contributed by atoms with Crippen LogP contribution in [0.4, 0.5) is 48.7 Å². The molecule has 6 nitrogen and oxygen atoms in total. The fraction of sp³-hybridized carbons (Fsp3) is 0.500. The number of benzene rings is 2. The van der Waals surface area contributed by atoms with Crippen molar-refractivity contribution in [1.82, 2.24) is 4.90 Å². The number of halogens is 10. The lowest BCUT2D eigenvalue weighted by Gasteiger charge is -2.32. The molecule has 0 aromatic heterocycles. The first-order valence-electron chi connectivity index (χ1n) is 14.1. The molecule has 0 bridgehead atoms. The van der Waals surface area contributed by atoms with Gasteiger partial charge >= 0.3 is 24.0 Å². The normalized spacial score (nSPS) is 21.5. The maximum Gasteiger partial charge on any atom is 0.497 e. The van der Waals surface area contributed by atoms with Crippen molar-refractivity contribution in [2.45, 2.75) is 81.2 Å². The van der Waals surface area contributed by atoms with E-state index in [0.29, 0.717) is 12.1 Å². The number of hydrogen-bond acceptors (Lipinski definition) is 5. The van der Waals surface area contributed by atoms with E-state index in [-0.39, 0.29) is 46.4 Å². The number of carbonyl (C=O) groups excluding carboxylic acids is 1. The summed E-state index contributed by atoms with van der Waals surface area (Å²) in [5.41, 5.74) is -8.87. The number of alkyl halides is 9. The summed E-state index contributed by atoms with van der Waals surface area (Å²) in [7, 11) is -4.50. The van der Waals surface area contributed by atoms with Gasteiger partial charge in [0.2, 0.25) is 0 Å². The van der Waals surface area contributed by atoms with Gasteiger partial charge in [-0.1, -0.05) is 13.8 Å². The summed E-state index contributed by atoms with van der Waals surface area (Å²) < 4.78 is 172. The molecule has 0 N–H and O–H groups in total. The van der Waals surface area contributed by atoms with Gasteiger partial charge in [0.1, 0.15) is 17.7 Å². The van der Waals surface area contributed by atoms with Crippen LogP contribution in [0.25, 0.3) is 5.57 Å². The molecule has 2 aliphatic rings. The fourth-order valence-corrected chi connectivity index (χ4v) is 7.08. The van der Waals surface area contributed by atoms with Crippen LogP contribution in [-0.2, 0) is 26.9 Å². The summed E-state index contributed by atoms with van der Waals surface area (Å²) in [6.45, 7) is 4.01. The quantitative estimate of drug-likeness (QED) is 0.270. The van der Waals surface area contributed by atoms with Crippen molar-refractivity contribution in [3.05, 3.63) is 69.5 Å². The van der Waals surface area contributed by atoms with Gasteiger partial charge in [-0.2, -0.15) is 39.5 Å². The number of amides is 1. The average Bonchev–Trinajstić information content (AvgIpc) is 3.23. The monoisotopic (exact) mass is 705 g/mol. The number of ether oxygens (including phenoxy) is 2. The number of nitrogens with zero attached hydrogens (tertiary/aromatic N) is 1. The van der Waals surface area contributed by atoms with Gasteiger partial charge in [-0.25, -0.2) is 17.6 Å². The Morgan fingerprint density at radius 1 is 0.957 bits per heavy atom.